The van der Waals surface area contributed by atoms with Gasteiger partial charge in [0.15, 0.2) is 0 Å². The number of nitro benzene ring substituents is 1. The second kappa shape index (κ2) is 8.91. The van der Waals surface area contributed by atoms with Crippen LogP contribution in [-0.4, -0.2) is 10.8 Å². The molecule has 0 aliphatic rings. The number of hydrogen-bond donors (Lipinski definition) is 0. The summed E-state index contributed by atoms with van der Waals surface area (Å²) in [6.45, 7) is 6.32. The molecule has 0 bridgehead atoms. The fraction of sp³-hybridized carbons (Fsp3) is 0.240. The van der Waals surface area contributed by atoms with E-state index < -0.39 is 4.92 Å². The molecule has 0 unspecified atom stereocenters. The summed E-state index contributed by atoms with van der Waals surface area (Å²) >= 11 is 0. The van der Waals surface area contributed by atoms with Crippen LogP contribution in [0.4, 0.5) is 17.1 Å². The molecule has 0 saturated heterocycles. The zero-order valence-corrected chi connectivity index (χ0v) is 17.5. The molecule has 5 heteroatoms. The Balaban J connectivity index is 2.01. The summed E-state index contributed by atoms with van der Waals surface area (Å²) in [6, 6.07) is 23.9. The van der Waals surface area contributed by atoms with E-state index in [4.69, 9.17) is 0 Å². The van der Waals surface area contributed by atoms with E-state index in [0.717, 1.165) is 16.8 Å². The Hall–Kier alpha value is -3.47. The van der Waals surface area contributed by atoms with Crippen molar-refractivity contribution in [2.45, 2.75) is 39.0 Å². The van der Waals surface area contributed by atoms with Gasteiger partial charge in [0.05, 0.1) is 10.6 Å². The number of nitro groups is 1. The predicted octanol–water partition coefficient (Wildman–Crippen LogP) is 6.19. The molecule has 0 heterocycles. The zero-order chi connectivity index (χ0) is 21.7. The first-order valence-corrected chi connectivity index (χ1v) is 9.98. The van der Waals surface area contributed by atoms with E-state index in [1.54, 1.807) is 17.0 Å². The van der Waals surface area contributed by atoms with E-state index in [9.17, 15) is 14.9 Å². The van der Waals surface area contributed by atoms with Crippen molar-refractivity contribution >= 4 is 23.0 Å². The minimum absolute atomic E-state index is 0.000425. The minimum atomic E-state index is -0.436. The van der Waals surface area contributed by atoms with Gasteiger partial charge in [0.1, 0.15) is 0 Å². The number of anilines is 2. The Morgan fingerprint density at radius 3 is 2.10 bits per heavy atom. The first-order valence-electron chi connectivity index (χ1n) is 9.98. The molecule has 5 nitrogen and oxygen atoms in total. The van der Waals surface area contributed by atoms with Crippen LogP contribution in [0.2, 0.25) is 0 Å². The first-order chi connectivity index (χ1) is 14.3. The van der Waals surface area contributed by atoms with E-state index in [1.807, 2.05) is 54.6 Å². The molecule has 1 amide bonds. The summed E-state index contributed by atoms with van der Waals surface area (Å²) in [5.74, 6) is -0.0515. The maximum absolute atomic E-state index is 13.4. The molecule has 0 aromatic heterocycles. The lowest BCUT2D eigenvalue weighted by molar-refractivity contribution is -0.384. The van der Waals surface area contributed by atoms with Gasteiger partial charge in [0.25, 0.3) is 5.69 Å². The second-order valence-corrected chi connectivity index (χ2v) is 8.26. The molecule has 0 saturated carbocycles. The van der Waals surface area contributed by atoms with Gasteiger partial charge in [-0.05, 0) is 41.2 Å². The molecule has 0 N–H and O–H groups in total. The van der Waals surface area contributed by atoms with Crippen molar-refractivity contribution in [2.75, 3.05) is 4.90 Å². The fourth-order valence-corrected chi connectivity index (χ4v) is 3.45. The summed E-state index contributed by atoms with van der Waals surface area (Å²) in [5.41, 5.74) is 3.39. The fourth-order valence-electron chi connectivity index (χ4n) is 3.45. The molecule has 3 rings (SSSR count). The summed E-state index contributed by atoms with van der Waals surface area (Å²) < 4.78 is 0. The minimum Gasteiger partial charge on any atom is -0.281 e. The third-order valence-corrected chi connectivity index (χ3v) is 4.99. The molecule has 0 atom stereocenters. The number of amides is 1. The van der Waals surface area contributed by atoms with Crippen LogP contribution in [-0.2, 0) is 16.6 Å². The molecular weight excluding hydrogens is 376 g/mol. The Kier molecular flexibility index (Phi) is 6.31. The van der Waals surface area contributed by atoms with Crippen LogP contribution in [0.15, 0.2) is 78.9 Å². The van der Waals surface area contributed by atoms with Crippen molar-refractivity contribution in [3.63, 3.8) is 0 Å². The molecule has 0 radical (unpaired) electrons. The Morgan fingerprint density at radius 1 is 0.900 bits per heavy atom. The largest absolute Gasteiger partial charge is 0.281 e. The number of nitrogens with zero attached hydrogens (tertiary/aromatic N) is 2. The molecule has 0 fully saturated rings. The highest BCUT2D eigenvalue weighted by atomic mass is 16.6. The highest BCUT2D eigenvalue weighted by Gasteiger charge is 2.26. The standard InChI is InChI=1S/C25H26N2O3/c1-25(2,3)22-11-7-8-12-23(22)26(20-14-16-21(17-15-20)27(29)30)24(28)18-13-19-9-5-4-6-10-19/h4-12,14-17H,13,18H2,1-3H3. The van der Waals surface area contributed by atoms with E-state index in [2.05, 4.69) is 20.8 Å². The Labute approximate surface area is 177 Å². The molecule has 154 valence electrons. The number of aryl methyl sites for hydroxylation is 1. The average molecular weight is 402 g/mol. The lowest BCUT2D eigenvalue weighted by Gasteiger charge is -2.30. The molecule has 3 aromatic carbocycles. The molecular formula is C25H26N2O3. The number of non-ortho nitro benzene ring substituents is 1. The van der Waals surface area contributed by atoms with Gasteiger partial charge >= 0.3 is 0 Å². The van der Waals surface area contributed by atoms with Crippen LogP contribution < -0.4 is 4.90 Å². The van der Waals surface area contributed by atoms with Crippen molar-refractivity contribution in [1.82, 2.24) is 0 Å². The SMILES string of the molecule is CC(C)(C)c1ccccc1N(C(=O)CCc1ccccc1)c1ccc([N+](=O)[O-])cc1. The maximum Gasteiger partial charge on any atom is 0.269 e. The van der Waals surface area contributed by atoms with Crippen molar-refractivity contribution in [2.24, 2.45) is 0 Å². The number of hydrogen-bond acceptors (Lipinski definition) is 3. The van der Waals surface area contributed by atoms with Gasteiger partial charge < -0.3 is 0 Å². The van der Waals surface area contributed by atoms with Crippen LogP contribution in [0, 0.1) is 10.1 Å². The Bertz CT molecular complexity index is 1020. The van der Waals surface area contributed by atoms with Crippen LogP contribution >= 0.6 is 0 Å². The zero-order valence-electron chi connectivity index (χ0n) is 17.5. The summed E-state index contributed by atoms with van der Waals surface area (Å²) in [4.78, 5) is 25.7. The normalized spacial score (nSPS) is 11.2. The highest BCUT2D eigenvalue weighted by molar-refractivity contribution is 6.01. The van der Waals surface area contributed by atoms with E-state index in [-0.39, 0.29) is 17.0 Å². The number of benzene rings is 3. The van der Waals surface area contributed by atoms with Crippen LogP contribution in [0.1, 0.15) is 38.3 Å². The van der Waals surface area contributed by atoms with Gasteiger partial charge in [0.2, 0.25) is 5.91 Å². The second-order valence-electron chi connectivity index (χ2n) is 8.26. The number of carbonyl (C=O) groups excluding carboxylic acids is 1. The smallest absolute Gasteiger partial charge is 0.269 e. The quantitative estimate of drug-likeness (QED) is 0.365. The maximum atomic E-state index is 13.4. The lowest BCUT2D eigenvalue weighted by atomic mass is 9.85. The van der Waals surface area contributed by atoms with Gasteiger partial charge in [-0.25, -0.2) is 0 Å². The molecule has 30 heavy (non-hydrogen) atoms. The number of para-hydroxylation sites is 1. The summed E-state index contributed by atoms with van der Waals surface area (Å²) in [6.07, 6.45) is 0.959. The third-order valence-electron chi connectivity index (χ3n) is 4.99. The summed E-state index contributed by atoms with van der Waals surface area (Å²) in [5, 5.41) is 11.1. The first kappa shape index (κ1) is 21.2. The monoisotopic (exact) mass is 402 g/mol. The van der Waals surface area contributed by atoms with Crippen LogP contribution in [0.3, 0.4) is 0 Å². The van der Waals surface area contributed by atoms with E-state index >= 15 is 0 Å². The highest BCUT2D eigenvalue weighted by Crippen LogP contribution is 2.36. The third kappa shape index (κ3) is 4.92. The van der Waals surface area contributed by atoms with Crippen molar-refractivity contribution in [1.29, 1.82) is 0 Å². The van der Waals surface area contributed by atoms with E-state index in [1.165, 1.54) is 12.1 Å². The average Bonchev–Trinajstić information content (AvgIpc) is 2.73. The lowest BCUT2D eigenvalue weighted by Crippen LogP contribution is -2.29. The topological polar surface area (TPSA) is 63.5 Å². The molecule has 3 aromatic rings. The Morgan fingerprint density at radius 2 is 1.50 bits per heavy atom. The summed E-state index contributed by atoms with van der Waals surface area (Å²) in [7, 11) is 0. The van der Waals surface area contributed by atoms with Crippen molar-refractivity contribution in [3.8, 4) is 0 Å². The molecule has 0 aliphatic heterocycles. The van der Waals surface area contributed by atoms with Gasteiger partial charge in [0, 0.05) is 24.2 Å². The van der Waals surface area contributed by atoms with Gasteiger partial charge in [-0.15, -0.1) is 0 Å². The van der Waals surface area contributed by atoms with Gasteiger partial charge in [-0.1, -0.05) is 69.3 Å². The molecule has 0 aliphatic carbocycles. The van der Waals surface area contributed by atoms with E-state index in [0.29, 0.717) is 18.5 Å². The predicted molar refractivity (Wildman–Crippen MR) is 120 cm³/mol. The van der Waals surface area contributed by atoms with Crippen LogP contribution in [0.5, 0.6) is 0 Å². The van der Waals surface area contributed by atoms with Crippen molar-refractivity contribution < 1.29 is 9.72 Å². The molecule has 0 spiro atoms. The van der Waals surface area contributed by atoms with Crippen molar-refractivity contribution in [3.05, 3.63) is 100 Å². The van der Waals surface area contributed by atoms with Gasteiger partial charge in [-0.2, -0.15) is 0 Å². The van der Waals surface area contributed by atoms with Gasteiger partial charge in [-0.3, -0.25) is 19.8 Å². The number of carbonyl (C=O) groups is 1. The van der Waals surface area contributed by atoms with Crippen LogP contribution in [0.25, 0.3) is 0 Å². The number of rotatable bonds is 6.